The van der Waals surface area contributed by atoms with Crippen LogP contribution in [0.1, 0.15) is 72.0 Å². The zero-order chi connectivity index (χ0) is 25.6. The summed E-state index contributed by atoms with van der Waals surface area (Å²) >= 11 is 0. The number of nitrogens with one attached hydrogen (secondary N) is 1. The summed E-state index contributed by atoms with van der Waals surface area (Å²) in [5, 5.41) is 0. The number of fused-ring (bicyclic) bond motifs is 1. The Morgan fingerprint density at radius 1 is 1.00 bits per heavy atom. The van der Waals surface area contributed by atoms with E-state index < -0.39 is 0 Å². The Bertz CT molecular complexity index is 894. The molecule has 1 aromatic heterocycles. The van der Waals surface area contributed by atoms with E-state index in [1.807, 2.05) is 38.1 Å². The number of allylic oxidation sites excluding steroid dienone is 2. The Morgan fingerprint density at radius 3 is 1.94 bits per heavy atom. The predicted molar refractivity (Wildman–Crippen MR) is 151 cm³/mol. The van der Waals surface area contributed by atoms with Crippen LogP contribution in [0.3, 0.4) is 0 Å². The number of likely N-dealkylation sites (tertiary alicyclic amines) is 1. The molecule has 2 aromatic rings. The second kappa shape index (κ2) is 19.5. The minimum Gasteiger partial charge on any atom is -0.630 e. The number of para-hydroxylation sites is 2. The third-order valence-corrected chi connectivity index (χ3v) is 6.02. The van der Waals surface area contributed by atoms with E-state index in [4.69, 9.17) is 5.84 Å². The molecule has 1 aliphatic heterocycles. The molecule has 2 aliphatic rings. The zero-order valence-corrected chi connectivity index (χ0v) is 25.7. The van der Waals surface area contributed by atoms with Crippen molar-refractivity contribution in [2.45, 2.75) is 72.8 Å². The minimum atomic E-state index is -0.00401. The quantitative estimate of drug-likeness (QED) is 0.175. The molecule has 2 heterocycles. The maximum Gasteiger partial charge on any atom is 0.116 e. The molecule has 35 heavy (non-hydrogen) atoms. The molecule has 1 radical (unpaired) electrons. The molecule has 0 amide bonds. The maximum atomic E-state index is 8.31. The average molecular weight is 558 g/mol. The van der Waals surface area contributed by atoms with E-state index in [0.717, 1.165) is 40.8 Å². The Morgan fingerprint density at radius 2 is 1.49 bits per heavy atom. The van der Waals surface area contributed by atoms with Crippen LogP contribution in [0, 0.1) is 12.8 Å². The summed E-state index contributed by atoms with van der Waals surface area (Å²) in [7, 11) is 0. The van der Waals surface area contributed by atoms with Crippen LogP contribution in [0.15, 0.2) is 74.1 Å². The molecule has 0 unspecified atom stereocenters. The van der Waals surface area contributed by atoms with E-state index in [2.05, 4.69) is 68.3 Å². The molecule has 1 spiro atoms. The minimum absolute atomic E-state index is 0. The normalized spacial score (nSPS) is 14.7. The van der Waals surface area contributed by atoms with Crippen molar-refractivity contribution in [3.63, 3.8) is 0 Å². The monoisotopic (exact) mass is 557 g/mol. The van der Waals surface area contributed by atoms with Crippen LogP contribution in [-0.4, -0.2) is 14.6 Å². The number of aromatic nitrogens is 2. The van der Waals surface area contributed by atoms with E-state index in [1.165, 1.54) is 30.4 Å². The Kier molecular flexibility index (Phi) is 21.0. The second-order valence-corrected chi connectivity index (χ2v) is 7.60. The van der Waals surface area contributed by atoms with Gasteiger partial charge >= 0.3 is 0 Å². The molecule has 195 valence electrons. The van der Waals surface area contributed by atoms with Gasteiger partial charge in [-0.1, -0.05) is 85.2 Å². The van der Waals surface area contributed by atoms with Crippen LogP contribution in [0.2, 0.25) is 0 Å². The first kappa shape index (κ1) is 37.8. The SMILES string of the molecule is C=C.C=C1C(=C)C2(CCCC2)C(=C)N1Cc1nc2ccccc2n1[NH-].CC.CCCC.NN.[CH3-].[Y]. The van der Waals surface area contributed by atoms with Crippen LogP contribution >= 0.6 is 0 Å². The summed E-state index contributed by atoms with van der Waals surface area (Å²) in [6, 6.07) is 7.74. The van der Waals surface area contributed by atoms with Crippen molar-refractivity contribution in [1.29, 1.82) is 0 Å². The van der Waals surface area contributed by atoms with Crippen LogP contribution in [0.5, 0.6) is 0 Å². The summed E-state index contributed by atoms with van der Waals surface area (Å²) in [4.78, 5) is 6.72. The molecule has 0 atom stereocenters. The standard InChI is InChI=1S/C19H21N4.C4H10.C2H6.C2H4.CH3.H4N2.Y/c1-13-14(2)22(15(3)19(13)10-6-7-11-19)12-18-21-16-8-4-5-9-17(16)23(18)20;1-3-4-2;2*1-2;;1-2;/h4-5,8-9,20H,1-3,6-7,10-12H2;3-4H2,1-2H3;1-2H3;1-2H2;1H3;1-2H2;/q-1;;;;-1;;. The van der Waals surface area contributed by atoms with Gasteiger partial charge in [-0.25, -0.2) is 4.98 Å². The van der Waals surface area contributed by atoms with Crippen LogP contribution in [0.4, 0.5) is 0 Å². The number of nitrogens with two attached hydrogens (primary N) is 2. The van der Waals surface area contributed by atoms with Crippen molar-refractivity contribution in [1.82, 2.24) is 14.6 Å². The van der Waals surface area contributed by atoms with Crippen molar-refractivity contribution in [2.75, 3.05) is 0 Å². The number of hydrazine groups is 1. The van der Waals surface area contributed by atoms with Crippen molar-refractivity contribution < 1.29 is 32.7 Å². The molecule has 4 rings (SSSR count). The van der Waals surface area contributed by atoms with Gasteiger partial charge in [0.2, 0.25) is 0 Å². The molecule has 5 N–H and O–H groups in total. The molecule has 0 bridgehead atoms. The fourth-order valence-electron chi connectivity index (χ4n) is 4.12. The number of hydrogen-bond acceptors (Lipinski definition) is 4. The van der Waals surface area contributed by atoms with Crippen molar-refractivity contribution in [2.24, 2.45) is 17.1 Å². The fraction of sp³-hybridized carbons (Fsp3) is 0.429. The van der Waals surface area contributed by atoms with Gasteiger partial charge in [0, 0.05) is 49.5 Å². The van der Waals surface area contributed by atoms with Gasteiger partial charge in [0.25, 0.3) is 0 Å². The first-order chi connectivity index (χ1) is 16.0. The van der Waals surface area contributed by atoms with Crippen molar-refractivity contribution in [3.8, 4) is 0 Å². The van der Waals surface area contributed by atoms with Gasteiger partial charge in [-0.3, -0.25) is 11.7 Å². The maximum absolute atomic E-state index is 8.31. The zero-order valence-electron chi connectivity index (χ0n) is 22.9. The van der Waals surface area contributed by atoms with Gasteiger partial charge in [-0.05, 0) is 30.5 Å². The molecular formula is C28H48N6Y-2. The smallest absolute Gasteiger partial charge is 0.116 e. The number of rotatable bonds is 3. The third-order valence-electron chi connectivity index (χ3n) is 6.02. The van der Waals surface area contributed by atoms with Crippen LogP contribution in [0.25, 0.3) is 16.9 Å². The predicted octanol–water partition coefficient (Wildman–Crippen LogP) is 7.71. The van der Waals surface area contributed by atoms with E-state index in [1.54, 1.807) is 0 Å². The number of hydrogen-bond donors (Lipinski definition) is 2. The van der Waals surface area contributed by atoms with E-state index >= 15 is 0 Å². The first-order valence-electron chi connectivity index (χ1n) is 11.8. The van der Waals surface area contributed by atoms with Crippen molar-refractivity contribution >= 4 is 11.0 Å². The average Bonchev–Trinajstić information content (AvgIpc) is 3.55. The fourth-order valence-corrected chi connectivity index (χ4v) is 4.12. The molecule has 1 saturated heterocycles. The third kappa shape index (κ3) is 8.42. The Labute approximate surface area is 240 Å². The number of imidazole rings is 1. The van der Waals surface area contributed by atoms with Gasteiger partial charge in [-0.15, -0.1) is 13.2 Å². The van der Waals surface area contributed by atoms with Crippen LogP contribution < -0.4 is 11.7 Å². The Balaban J connectivity index is -0.000000753. The van der Waals surface area contributed by atoms with E-state index in [9.17, 15) is 0 Å². The van der Waals surface area contributed by atoms with Gasteiger partial charge in [-0.2, -0.15) is 0 Å². The molecule has 6 nitrogen and oxygen atoms in total. The summed E-state index contributed by atoms with van der Waals surface area (Å²) < 4.78 is 1.41. The van der Waals surface area contributed by atoms with Gasteiger partial charge in [0.1, 0.15) is 5.82 Å². The first-order valence-corrected chi connectivity index (χ1v) is 11.8. The molecule has 1 saturated carbocycles. The summed E-state index contributed by atoms with van der Waals surface area (Å²) in [5.74, 6) is 17.0. The molecule has 2 fully saturated rings. The number of unbranched alkanes of at least 4 members (excludes halogenated alkanes) is 1. The van der Waals surface area contributed by atoms with Gasteiger partial charge in [0.15, 0.2) is 0 Å². The topological polar surface area (TPSA) is 96.9 Å². The summed E-state index contributed by atoms with van der Waals surface area (Å²) in [6.07, 6.45) is 7.29. The van der Waals surface area contributed by atoms with Crippen LogP contribution in [-0.2, 0) is 39.3 Å². The van der Waals surface area contributed by atoms with E-state index in [-0.39, 0.29) is 45.6 Å². The molecule has 1 aliphatic carbocycles. The largest absolute Gasteiger partial charge is 0.630 e. The summed E-state index contributed by atoms with van der Waals surface area (Å²) in [6.45, 7) is 27.8. The summed E-state index contributed by atoms with van der Waals surface area (Å²) in [5.41, 5.74) is 4.79. The van der Waals surface area contributed by atoms with Gasteiger partial charge in [0.05, 0.1) is 17.6 Å². The number of nitrogens with zero attached hydrogens (tertiary/aromatic N) is 3. The van der Waals surface area contributed by atoms with Gasteiger partial charge < -0.3 is 22.8 Å². The van der Waals surface area contributed by atoms with E-state index in [0.29, 0.717) is 12.4 Å². The molecule has 1 aromatic carbocycles. The Hall–Kier alpha value is -1.73. The second-order valence-electron chi connectivity index (χ2n) is 7.60. The molecular weight excluding hydrogens is 509 g/mol. The molecule has 7 heteroatoms. The number of benzene rings is 1. The van der Waals surface area contributed by atoms with Crippen molar-refractivity contribution in [3.05, 3.63) is 93.2 Å².